The lowest BCUT2D eigenvalue weighted by molar-refractivity contribution is 0.395. The van der Waals surface area contributed by atoms with Crippen molar-refractivity contribution in [2.75, 3.05) is 6.54 Å². The van der Waals surface area contributed by atoms with Gasteiger partial charge in [-0.25, -0.2) is 0 Å². The van der Waals surface area contributed by atoms with Gasteiger partial charge in [0.15, 0.2) is 0 Å². The molecule has 0 heterocycles. The van der Waals surface area contributed by atoms with Crippen LogP contribution < -0.4 is 5.32 Å². The zero-order valence-electron chi connectivity index (χ0n) is 13.8. The van der Waals surface area contributed by atoms with Crippen LogP contribution >= 0.6 is 23.2 Å². The van der Waals surface area contributed by atoms with Gasteiger partial charge in [-0.15, -0.1) is 0 Å². The Labute approximate surface area is 139 Å². The van der Waals surface area contributed by atoms with Gasteiger partial charge < -0.3 is 5.32 Å². The molecule has 1 aliphatic rings. The minimum atomic E-state index is 0.353. The lowest BCUT2D eigenvalue weighted by Crippen LogP contribution is -2.36. The summed E-state index contributed by atoms with van der Waals surface area (Å²) in [5.41, 5.74) is 1.78. The van der Waals surface area contributed by atoms with E-state index in [1.54, 1.807) is 0 Å². The maximum Gasteiger partial charge on any atom is 0.0453 e. The highest BCUT2D eigenvalue weighted by atomic mass is 35.5. The van der Waals surface area contributed by atoms with E-state index in [9.17, 15) is 0 Å². The highest BCUT2D eigenvalue weighted by Crippen LogP contribution is 2.69. The standard InChI is InChI=1S/C18H27Cl2N/c1-6-10-21-15(16-17(2,3)18(16,4)5)11-12-13(19)8-7-9-14(12)20/h7-9,15-16,21H,6,10-11H2,1-5H3. The normalized spacial score (nSPS) is 21.3. The van der Waals surface area contributed by atoms with Crippen LogP contribution in [0.1, 0.15) is 46.6 Å². The molecule has 0 aromatic heterocycles. The van der Waals surface area contributed by atoms with Gasteiger partial charge in [-0.3, -0.25) is 0 Å². The Kier molecular flexibility index (Phi) is 4.97. The van der Waals surface area contributed by atoms with Crippen LogP contribution in [0.3, 0.4) is 0 Å². The van der Waals surface area contributed by atoms with Crippen LogP contribution in [0, 0.1) is 16.7 Å². The van der Waals surface area contributed by atoms with Crippen molar-refractivity contribution in [3.63, 3.8) is 0 Å². The van der Waals surface area contributed by atoms with E-state index >= 15 is 0 Å². The molecule has 1 aliphatic carbocycles. The van der Waals surface area contributed by atoms with E-state index in [1.165, 1.54) is 0 Å². The molecule has 0 amide bonds. The van der Waals surface area contributed by atoms with Crippen molar-refractivity contribution in [1.82, 2.24) is 5.32 Å². The zero-order chi connectivity index (χ0) is 15.8. The first-order valence-electron chi connectivity index (χ1n) is 7.89. The van der Waals surface area contributed by atoms with Crippen molar-refractivity contribution in [1.29, 1.82) is 0 Å². The second-order valence-electron chi connectivity index (χ2n) is 7.39. The zero-order valence-corrected chi connectivity index (χ0v) is 15.3. The average Bonchev–Trinajstić information content (AvgIpc) is 2.79. The molecule has 3 heteroatoms. The first-order valence-corrected chi connectivity index (χ1v) is 8.65. The Morgan fingerprint density at radius 1 is 1.10 bits per heavy atom. The summed E-state index contributed by atoms with van der Waals surface area (Å²) in [6.07, 6.45) is 2.04. The van der Waals surface area contributed by atoms with Gasteiger partial charge in [-0.1, -0.05) is 63.9 Å². The molecule has 0 bridgehead atoms. The maximum absolute atomic E-state index is 6.36. The minimum Gasteiger partial charge on any atom is -0.313 e. The van der Waals surface area contributed by atoms with Gasteiger partial charge in [0.1, 0.15) is 0 Å². The van der Waals surface area contributed by atoms with Crippen LogP contribution in [0.15, 0.2) is 18.2 Å². The molecule has 1 aromatic rings. The van der Waals surface area contributed by atoms with Gasteiger partial charge in [0.25, 0.3) is 0 Å². The molecule has 1 saturated carbocycles. The van der Waals surface area contributed by atoms with Gasteiger partial charge in [0.05, 0.1) is 0 Å². The van der Waals surface area contributed by atoms with Crippen molar-refractivity contribution in [3.8, 4) is 0 Å². The van der Waals surface area contributed by atoms with E-state index in [4.69, 9.17) is 23.2 Å². The summed E-state index contributed by atoms with van der Waals surface area (Å²) in [4.78, 5) is 0. The summed E-state index contributed by atoms with van der Waals surface area (Å²) in [6.45, 7) is 12.7. The van der Waals surface area contributed by atoms with Crippen LogP contribution in [-0.4, -0.2) is 12.6 Å². The Morgan fingerprint density at radius 3 is 2.05 bits per heavy atom. The molecule has 0 aliphatic heterocycles. The number of benzene rings is 1. The molecule has 0 spiro atoms. The fraction of sp³-hybridized carbons (Fsp3) is 0.667. The summed E-state index contributed by atoms with van der Waals surface area (Å²) in [6, 6.07) is 6.20. The SMILES string of the molecule is CCCNC(Cc1c(Cl)cccc1Cl)C1C(C)(C)C1(C)C. The number of halogens is 2. The van der Waals surface area contributed by atoms with Crippen LogP contribution in [0.5, 0.6) is 0 Å². The van der Waals surface area contributed by atoms with Gasteiger partial charge in [0.2, 0.25) is 0 Å². The number of rotatable bonds is 6. The third kappa shape index (κ3) is 3.11. The molecule has 1 nitrogen and oxygen atoms in total. The van der Waals surface area contributed by atoms with E-state index in [1.807, 2.05) is 18.2 Å². The van der Waals surface area contributed by atoms with Gasteiger partial charge in [-0.05, 0) is 53.8 Å². The molecule has 1 fully saturated rings. The molecule has 118 valence electrons. The third-order valence-electron chi connectivity index (χ3n) is 5.68. The maximum atomic E-state index is 6.36. The highest BCUT2D eigenvalue weighted by molar-refractivity contribution is 6.36. The predicted molar refractivity (Wildman–Crippen MR) is 93.3 cm³/mol. The second kappa shape index (κ2) is 6.10. The van der Waals surface area contributed by atoms with Crippen molar-refractivity contribution in [3.05, 3.63) is 33.8 Å². The Hall–Kier alpha value is -0.240. The smallest absolute Gasteiger partial charge is 0.0453 e. The molecule has 0 saturated heterocycles. The molecule has 1 atom stereocenters. The van der Waals surface area contributed by atoms with Crippen molar-refractivity contribution < 1.29 is 0 Å². The van der Waals surface area contributed by atoms with Gasteiger partial charge in [0, 0.05) is 16.1 Å². The Bertz CT molecular complexity index is 474. The van der Waals surface area contributed by atoms with Gasteiger partial charge >= 0.3 is 0 Å². The molecule has 21 heavy (non-hydrogen) atoms. The quantitative estimate of drug-likeness (QED) is 0.718. The summed E-state index contributed by atoms with van der Waals surface area (Å²) in [5, 5.41) is 5.29. The second-order valence-corrected chi connectivity index (χ2v) is 8.20. The summed E-state index contributed by atoms with van der Waals surface area (Å²) in [5.74, 6) is 0.642. The summed E-state index contributed by atoms with van der Waals surface area (Å²) in [7, 11) is 0. The van der Waals surface area contributed by atoms with E-state index in [2.05, 4.69) is 39.9 Å². The first-order chi connectivity index (χ1) is 9.73. The molecular weight excluding hydrogens is 301 g/mol. The summed E-state index contributed by atoms with van der Waals surface area (Å²) >= 11 is 12.7. The van der Waals surface area contributed by atoms with Crippen molar-refractivity contribution in [2.45, 2.75) is 53.5 Å². The van der Waals surface area contributed by atoms with Crippen LogP contribution in [0.25, 0.3) is 0 Å². The molecule has 2 rings (SSSR count). The lowest BCUT2D eigenvalue weighted by Gasteiger charge is -2.22. The van der Waals surface area contributed by atoms with Gasteiger partial charge in [-0.2, -0.15) is 0 Å². The largest absolute Gasteiger partial charge is 0.313 e. The average molecular weight is 328 g/mol. The number of hydrogen-bond acceptors (Lipinski definition) is 1. The van der Waals surface area contributed by atoms with Crippen molar-refractivity contribution >= 4 is 23.2 Å². The van der Waals surface area contributed by atoms with E-state index < -0.39 is 0 Å². The molecule has 1 unspecified atom stereocenters. The number of nitrogens with one attached hydrogen (secondary N) is 1. The monoisotopic (exact) mass is 327 g/mol. The third-order valence-corrected chi connectivity index (χ3v) is 6.39. The van der Waals surface area contributed by atoms with E-state index in [0.717, 1.165) is 35.0 Å². The van der Waals surface area contributed by atoms with E-state index in [-0.39, 0.29) is 0 Å². The predicted octanol–water partition coefficient (Wildman–Crippen LogP) is 5.59. The molecule has 1 N–H and O–H groups in total. The molecule has 1 aromatic carbocycles. The Morgan fingerprint density at radius 2 is 1.62 bits per heavy atom. The van der Waals surface area contributed by atoms with Crippen LogP contribution in [0.4, 0.5) is 0 Å². The van der Waals surface area contributed by atoms with Crippen LogP contribution in [0.2, 0.25) is 10.0 Å². The van der Waals surface area contributed by atoms with E-state index in [0.29, 0.717) is 22.8 Å². The Balaban J connectivity index is 2.23. The van der Waals surface area contributed by atoms with Crippen LogP contribution in [-0.2, 0) is 6.42 Å². The molecule has 0 radical (unpaired) electrons. The fourth-order valence-electron chi connectivity index (χ4n) is 3.84. The lowest BCUT2D eigenvalue weighted by atomic mass is 9.96. The summed E-state index contributed by atoms with van der Waals surface area (Å²) < 4.78 is 0. The minimum absolute atomic E-state index is 0.353. The first kappa shape index (κ1) is 17.1. The van der Waals surface area contributed by atoms with Crippen molar-refractivity contribution in [2.24, 2.45) is 16.7 Å². The fourth-order valence-corrected chi connectivity index (χ4v) is 4.39. The topological polar surface area (TPSA) is 12.0 Å². The highest BCUT2D eigenvalue weighted by Gasteiger charge is 2.66. The molecular formula is C18H27Cl2N. The number of hydrogen-bond donors (Lipinski definition) is 1.